The Morgan fingerprint density at radius 1 is 1.07 bits per heavy atom. The highest BCUT2D eigenvalue weighted by Gasteiger charge is 2.14. The van der Waals surface area contributed by atoms with Gasteiger partial charge in [0.1, 0.15) is 18.5 Å². The van der Waals surface area contributed by atoms with E-state index in [4.69, 9.17) is 4.74 Å². The quantitative estimate of drug-likeness (QED) is 0.720. The largest absolute Gasteiger partial charge is 0.491 e. The fourth-order valence-electron chi connectivity index (χ4n) is 3.77. The van der Waals surface area contributed by atoms with Crippen LogP contribution in [0.4, 0.5) is 0 Å². The molecular formula is C23H33N3O2. The van der Waals surface area contributed by atoms with Gasteiger partial charge in [0.05, 0.1) is 0 Å². The smallest absolute Gasteiger partial charge is 0.119 e. The lowest BCUT2D eigenvalue weighted by Gasteiger charge is -2.23. The first-order valence-electron chi connectivity index (χ1n) is 10.4. The van der Waals surface area contributed by atoms with Crippen LogP contribution in [0.1, 0.15) is 36.8 Å². The molecule has 1 N–H and O–H groups in total. The number of ether oxygens (including phenoxy) is 1. The molecule has 0 bridgehead atoms. The second kappa shape index (κ2) is 11.1. The number of likely N-dealkylation sites (tertiary alicyclic amines) is 1. The Balaban J connectivity index is 1.44. The van der Waals surface area contributed by atoms with Crippen molar-refractivity contribution in [1.82, 2.24) is 14.8 Å². The van der Waals surface area contributed by atoms with E-state index in [0.29, 0.717) is 13.2 Å². The molecular weight excluding hydrogens is 350 g/mol. The molecule has 1 fully saturated rings. The zero-order valence-corrected chi connectivity index (χ0v) is 17.0. The van der Waals surface area contributed by atoms with Crippen molar-refractivity contribution in [2.45, 2.75) is 44.9 Å². The molecule has 152 valence electrons. The number of pyridine rings is 1. The molecule has 1 atom stereocenters. The van der Waals surface area contributed by atoms with Gasteiger partial charge in [-0.2, -0.15) is 0 Å². The summed E-state index contributed by atoms with van der Waals surface area (Å²) in [5, 5.41) is 10.4. The molecule has 1 aliphatic heterocycles. The van der Waals surface area contributed by atoms with Crippen molar-refractivity contribution in [2.75, 3.05) is 33.3 Å². The van der Waals surface area contributed by atoms with Crippen LogP contribution in [0.5, 0.6) is 5.75 Å². The van der Waals surface area contributed by atoms with E-state index in [1.807, 2.05) is 24.4 Å². The highest BCUT2D eigenvalue weighted by molar-refractivity contribution is 5.28. The minimum absolute atomic E-state index is 0.339. The Kier molecular flexibility index (Phi) is 8.27. The summed E-state index contributed by atoms with van der Waals surface area (Å²) in [7, 11) is 2.10. The van der Waals surface area contributed by atoms with E-state index in [0.717, 1.165) is 31.9 Å². The Hall–Kier alpha value is -1.95. The van der Waals surface area contributed by atoms with Crippen molar-refractivity contribution in [1.29, 1.82) is 0 Å². The molecule has 5 heteroatoms. The van der Waals surface area contributed by atoms with Crippen LogP contribution in [0.25, 0.3) is 0 Å². The number of rotatable bonds is 9. The molecule has 2 aromatic rings. The zero-order chi connectivity index (χ0) is 19.6. The summed E-state index contributed by atoms with van der Waals surface area (Å²) in [5.41, 5.74) is 2.40. The van der Waals surface area contributed by atoms with Gasteiger partial charge in [-0.3, -0.25) is 9.88 Å². The van der Waals surface area contributed by atoms with Crippen LogP contribution in [0.15, 0.2) is 48.8 Å². The average molecular weight is 384 g/mol. The van der Waals surface area contributed by atoms with Gasteiger partial charge in [-0.05, 0) is 62.3 Å². The molecule has 5 nitrogen and oxygen atoms in total. The maximum atomic E-state index is 10.4. The summed E-state index contributed by atoms with van der Waals surface area (Å²) < 4.78 is 5.88. The molecule has 1 aromatic heterocycles. The highest BCUT2D eigenvalue weighted by Crippen LogP contribution is 2.16. The third-order valence-corrected chi connectivity index (χ3v) is 5.14. The molecule has 0 radical (unpaired) electrons. The van der Waals surface area contributed by atoms with E-state index in [2.05, 4.69) is 40.0 Å². The third kappa shape index (κ3) is 7.23. The lowest BCUT2D eigenvalue weighted by atomic mass is 10.2. The molecule has 1 unspecified atom stereocenters. The van der Waals surface area contributed by atoms with Crippen LogP contribution in [0.2, 0.25) is 0 Å². The van der Waals surface area contributed by atoms with Crippen LogP contribution in [0.3, 0.4) is 0 Å². The van der Waals surface area contributed by atoms with E-state index in [1.165, 1.54) is 36.8 Å². The fourth-order valence-corrected chi connectivity index (χ4v) is 3.77. The van der Waals surface area contributed by atoms with Gasteiger partial charge >= 0.3 is 0 Å². The SMILES string of the molecule is CN(Cc1cccnc1)Cc1cccc(OCC(O)CN2CCCCCC2)c1. The summed E-state index contributed by atoms with van der Waals surface area (Å²) in [6, 6.07) is 12.2. The summed E-state index contributed by atoms with van der Waals surface area (Å²) in [4.78, 5) is 8.79. The Bertz CT molecular complexity index is 687. The van der Waals surface area contributed by atoms with Crippen molar-refractivity contribution in [2.24, 2.45) is 0 Å². The number of benzene rings is 1. The van der Waals surface area contributed by atoms with Crippen LogP contribution in [0, 0.1) is 0 Å². The van der Waals surface area contributed by atoms with Crippen molar-refractivity contribution in [3.05, 3.63) is 59.9 Å². The maximum Gasteiger partial charge on any atom is 0.119 e. The molecule has 1 saturated heterocycles. The molecule has 1 aliphatic rings. The maximum absolute atomic E-state index is 10.4. The number of hydrogen-bond donors (Lipinski definition) is 1. The molecule has 3 rings (SSSR count). The Morgan fingerprint density at radius 2 is 1.82 bits per heavy atom. The monoisotopic (exact) mass is 383 g/mol. The second-order valence-electron chi connectivity index (χ2n) is 7.86. The minimum Gasteiger partial charge on any atom is -0.491 e. The number of aliphatic hydroxyl groups is 1. The van der Waals surface area contributed by atoms with Gasteiger partial charge < -0.3 is 14.7 Å². The summed E-state index contributed by atoms with van der Waals surface area (Å²) in [5.74, 6) is 0.821. The van der Waals surface area contributed by atoms with Crippen LogP contribution < -0.4 is 4.74 Å². The van der Waals surface area contributed by atoms with Gasteiger partial charge in [0, 0.05) is 32.0 Å². The number of hydrogen-bond acceptors (Lipinski definition) is 5. The topological polar surface area (TPSA) is 48.8 Å². The summed E-state index contributed by atoms with van der Waals surface area (Å²) in [6.45, 7) is 4.92. The molecule has 0 spiro atoms. The van der Waals surface area contributed by atoms with Gasteiger partial charge in [-0.15, -0.1) is 0 Å². The van der Waals surface area contributed by atoms with Gasteiger partial charge in [0.25, 0.3) is 0 Å². The van der Waals surface area contributed by atoms with Gasteiger partial charge in [0.2, 0.25) is 0 Å². The van der Waals surface area contributed by atoms with Crippen LogP contribution >= 0.6 is 0 Å². The van der Waals surface area contributed by atoms with Gasteiger partial charge in [0.15, 0.2) is 0 Å². The fraction of sp³-hybridized carbons (Fsp3) is 0.522. The first-order chi connectivity index (χ1) is 13.7. The molecule has 1 aromatic carbocycles. The predicted molar refractivity (Wildman–Crippen MR) is 112 cm³/mol. The Labute approximate surface area is 169 Å². The first kappa shape index (κ1) is 20.8. The lowest BCUT2D eigenvalue weighted by molar-refractivity contribution is 0.0693. The summed E-state index contributed by atoms with van der Waals surface area (Å²) in [6.07, 6.45) is 8.35. The van der Waals surface area contributed by atoms with E-state index < -0.39 is 6.10 Å². The molecule has 0 amide bonds. The van der Waals surface area contributed by atoms with E-state index in [9.17, 15) is 5.11 Å². The lowest BCUT2D eigenvalue weighted by Crippen LogP contribution is -2.36. The van der Waals surface area contributed by atoms with Gasteiger partial charge in [-0.1, -0.05) is 31.0 Å². The Morgan fingerprint density at radius 3 is 2.57 bits per heavy atom. The van der Waals surface area contributed by atoms with Crippen molar-refractivity contribution in [3.63, 3.8) is 0 Å². The van der Waals surface area contributed by atoms with E-state index in [-0.39, 0.29) is 0 Å². The number of aromatic nitrogens is 1. The van der Waals surface area contributed by atoms with Gasteiger partial charge in [-0.25, -0.2) is 0 Å². The molecule has 0 aliphatic carbocycles. The highest BCUT2D eigenvalue weighted by atomic mass is 16.5. The van der Waals surface area contributed by atoms with Crippen LogP contribution in [-0.2, 0) is 13.1 Å². The average Bonchev–Trinajstić information content (AvgIpc) is 2.96. The van der Waals surface area contributed by atoms with E-state index in [1.54, 1.807) is 6.20 Å². The predicted octanol–water partition coefficient (Wildman–Crippen LogP) is 3.33. The van der Waals surface area contributed by atoms with Crippen molar-refractivity contribution in [3.8, 4) is 5.75 Å². The van der Waals surface area contributed by atoms with Crippen molar-refractivity contribution >= 4 is 0 Å². The molecule has 2 heterocycles. The van der Waals surface area contributed by atoms with Crippen molar-refractivity contribution < 1.29 is 9.84 Å². The third-order valence-electron chi connectivity index (χ3n) is 5.14. The molecule has 0 saturated carbocycles. The normalized spacial score (nSPS) is 16.7. The minimum atomic E-state index is -0.449. The number of nitrogens with zero attached hydrogens (tertiary/aromatic N) is 3. The first-order valence-corrected chi connectivity index (χ1v) is 10.4. The number of aliphatic hydroxyl groups excluding tert-OH is 1. The van der Waals surface area contributed by atoms with E-state index >= 15 is 0 Å². The summed E-state index contributed by atoms with van der Waals surface area (Å²) >= 11 is 0. The van der Waals surface area contributed by atoms with Crippen LogP contribution in [-0.4, -0.2) is 59.3 Å². The number of β-amino-alcohol motifs (C(OH)–C–C–N with tert-alkyl or cyclic N) is 1. The molecule has 28 heavy (non-hydrogen) atoms. The zero-order valence-electron chi connectivity index (χ0n) is 17.0. The standard InChI is InChI=1S/C23H33N3O2/c1-25(17-21-9-7-11-24-15-21)16-20-8-6-10-23(14-20)28-19-22(27)18-26-12-4-2-3-5-13-26/h6-11,14-15,22,27H,2-5,12-13,16-19H2,1H3. The second-order valence-corrected chi connectivity index (χ2v) is 7.86.